The van der Waals surface area contributed by atoms with Crippen molar-refractivity contribution in [2.45, 2.75) is 71.5 Å². The molecular formula is C54H49IrN3O2Si-2. The van der Waals surface area contributed by atoms with Crippen molar-refractivity contribution in [2.24, 2.45) is 5.92 Å². The summed E-state index contributed by atoms with van der Waals surface area (Å²) in [7, 11) is -1.37. The zero-order valence-electron chi connectivity index (χ0n) is 35.4. The second kappa shape index (κ2) is 16.7. The van der Waals surface area contributed by atoms with Gasteiger partial charge in [0, 0.05) is 42.5 Å². The number of fused-ring (bicyclic) bond motifs is 7. The quantitative estimate of drug-likeness (QED) is 0.118. The molecule has 7 heteroatoms. The van der Waals surface area contributed by atoms with Crippen LogP contribution in [0.1, 0.15) is 56.6 Å². The predicted molar refractivity (Wildman–Crippen MR) is 251 cm³/mol. The Morgan fingerprint density at radius 1 is 0.738 bits per heavy atom. The molecule has 6 aromatic carbocycles. The van der Waals surface area contributed by atoms with E-state index in [1.165, 1.54) is 37.7 Å². The van der Waals surface area contributed by atoms with Crippen molar-refractivity contribution >= 4 is 68.2 Å². The molecule has 0 aliphatic heterocycles. The van der Waals surface area contributed by atoms with E-state index in [1.807, 2.05) is 60.7 Å². The van der Waals surface area contributed by atoms with Crippen LogP contribution in [0.3, 0.4) is 0 Å². The molecule has 0 saturated heterocycles. The van der Waals surface area contributed by atoms with Gasteiger partial charge in [-0.15, -0.1) is 53.6 Å². The Balaban J connectivity index is 0.000000163. The number of hydrogen-bond acceptors (Lipinski definition) is 4. The smallest absolute Gasteiger partial charge is 0.158 e. The SMILES string of the molecule is CC(C)c1c[c-]c(-c2cc(CC3CCCC3)c([Si](C)(C)C)cn2)cc1.[Ir].[c-]1ccc2c(oc3ccccc32)c1-c1nc2ccccc2n1-c1cccc2c1oc1ccccc12. The number of nitrogens with zero attached hydrogens (tertiary/aromatic N) is 3. The normalized spacial score (nSPS) is 13.4. The van der Waals surface area contributed by atoms with Crippen LogP contribution in [0.5, 0.6) is 0 Å². The summed E-state index contributed by atoms with van der Waals surface area (Å²) >= 11 is 0. The Morgan fingerprint density at radius 2 is 1.41 bits per heavy atom. The molecule has 0 N–H and O–H groups in total. The molecule has 1 aliphatic rings. The molecule has 0 amide bonds. The molecule has 1 fully saturated rings. The molecule has 0 unspecified atom stereocenters. The van der Waals surface area contributed by atoms with Gasteiger partial charge in [0.05, 0.1) is 36.2 Å². The van der Waals surface area contributed by atoms with Crippen molar-refractivity contribution in [3.8, 4) is 28.3 Å². The van der Waals surface area contributed by atoms with Crippen LogP contribution >= 0.6 is 0 Å². The fourth-order valence-electron chi connectivity index (χ4n) is 9.17. The maximum absolute atomic E-state index is 6.40. The van der Waals surface area contributed by atoms with Crippen LogP contribution in [-0.2, 0) is 26.5 Å². The molecule has 4 aromatic heterocycles. The Labute approximate surface area is 372 Å². The van der Waals surface area contributed by atoms with Crippen LogP contribution in [-0.4, -0.2) is 22.6 Å². The molecule has 1 aliphatic carbocycles. The summed E-state index contributed by atoms with van der Waals surface area (Å²) in [6.07, 6.45) is 9.04. The van der Waals surface area contributed by atoms with Gasteiger partial charge < -0.3 is 18.4 Å². The van der Waals surface area contributed by atoms with Gasteiger partial charge in [0.15, 0.2) is 5.58 Å². The molecule has 10 aromatic rings. The zero-order chi connectivity index (χ0) is 41.0. The summed E-state index contributed by atoms with van der Waals surface area (Å²) in [6.45, 7) is 11.8. The topological polar surface area (TPSA) is 57.0 Å². The summed E-state index contributed by atoms with van der Waals surface area (Å²) in [4.78, 5) is 9.90. The van der Waals surface area contributed by atoms with Gasteiger partial charge in [-0.05, 0) is 53.6 Å². The number of imidazole rings is 1. The molecule has 1 radical (unpaired) electrons. The molecule has 4 heterocycles. The number of pyridine rings is 1. The van der Waals surface area contributed by atoms with E-state index < -0.39 is 8.07 Å². The van der Waals surface area contributed by atoms with Gasteiger partial charge in [-0.1, -0.05) is 148 Å². The Kier molecular flexibility index (Phi) is 11.2. The summed E-state index contributed by atoms with van der Waals surface area (Å²) in [6, 6.07) is 50.5. The van der Waals surface area contributed by atoms with Gasteiger partial charge in [-0.2, -0.15) is 0 Å². The van der Waals surface area contributed by atoms with Gasteiger partial charge >= 0.3 is 0 Å². The monoisotopic (exact) mass is 992 g/mol. The van der Waals surface area contributed by atoms with Crippen molar-refractivity contribution in [1.82, 2.24) is 14.5 Å². The number of aromatic nitrogens is 3. The van der Waals surface area contributed by atoms with E-state index in [9.17, 15) is 0 Å². The number of hydrogen-bond donors (Lipinski definition) is 0. The molecule has 0 spiro atoms. The predicted octanol–water partition coefficient (Wildman–Crippen LogP) is 14.2. The molecule has 11 rings (SSSR count). The third-order valence-corrected chi connectivity index (χ3v) is 14.4. The second-order valence-electron chi connectivity index (χ2n) is 17.7. The van der Waals surface area contributed by atoms with Crippen molar-refractivity contribution in [3.05, 3.63) is 157 Å². The molecule has 0 bridgehead atoms. The van der Waals surface area contributed by atoms with E-state index in [0.29, 0.717) is 5.92 Å². The van der Waals surface area contributed by atoms with Crippen LogP contribution in [0.25, 0.3) is 83.2 Å². The minimum atomic E-state index is -1.37. The summed E-state index contributed by atoms with van der Waals surface area (Å²) in [5.41, 5.74) is 12.1. The summed E-state index contributed by atoms with van der Waals surface area (Å²) in [5.74, 6) is 2.19. The first kappa shape index (κ1) is 40.8. The second-order valence-corrected chi connectivity index (χ2v) is 22.8. The fraction of sp³-hybridized carbons (Fsp3) is 0.222. The summed E-state index contributed by atoms with van der Waals surface area (Å²) < 4.78 is 14.9. The number of furan rings is 2. The van der Waals surface area contributed by atoms with Crippen LogP contribution in [0.15, 0.2) is 142 Å². The van der Waals surface area contributed by atoms with E-state index in [0.717, 1.165) is 89.2 Å². The first-order valence-corrected chi connectivity index (χ1v) is 24.9. The number of benzene rings is 6. The van der Waals surface area contributed by atoms with E-state index in [1.54, 1.807) is 10.8 Å². The average Bonchev–Trinajstić information content (AvgIpc) is 4.08. The van der Waals surface area contributed by atoms with Crippen LogP contribution < -0.4 is 5.19 Å². The Bertz CT molecular complexity index is 3160. The van der Waals surface area contributed by atoms with E-state index in [-0.39, 0.29) is 20.1 Å². The molecule has 1 saturated carbocycles. The Morgan fingerprint density at radius 3 is 2.11 bits per heavy atom. The minimum Gasteiger partial charge on any atom is -0.501 e. The van der Waals surface area contributed by atoms with Gasteiger partial charge in [0.1, 0.15) is 11.2 Å². The number of rotatable bonds is 7. The average molecular weight is 992 g/mol. The van der Waals surface area contributed by atoms with Gasteiger partial charge in [0.25, 0.3) is 0 Å². The molecule has 307 valence electrons. The molecular weight excluding hydrogens is 943 g/mol. The van der Waals surface area contributed by atoms with Gasteiger partial charge in [-0.25, -0.2) is 0 Å². The van der Waals surface area contributed by atoms with Crippen molar-refractivity contribution in [2.75, 3.05) is 0 Å². The third-order valence-electron chi connectivity index (χ3n) is 12.3. The first-order valence-electron chi connectivity index (χ1n) is 21.4. The molecule has 5 nitrogen and oxygen atoms in total. The Hall–Kier alpha value is -5.59. The largest absolute Gasteiger partial charge is 0.501 e. The standard InChI is InChI=1S/C31H17N2O2.C23H32NSi.Ir/c1-5-17-27-19(9-1)21-11-7-13-23(29(21)34-27)31-32-24-14-3-4-15-25(24)33(31)26-16-8-12-22-20-10-2-6-18-28(20)35-30(22)26;1-17(2)19-10-12-20(13-11-19)22-15-21(14-18-8-6-7-9-18)23(16-24-22)25(3,4)5;/h1-12,14-18H;10-12,15-18H,6-9,14H2,1-5H3;/q2*-1;. The fourth-order valence-corrected chi connectivity index (χ4v) is 10.8. The maximum Gasteiger partial charge on any atom is 0.158 e. The minimum absolute atomic E-state index is 0. The molecule has 61 heavy (non-hydrogen) atoms. The van der Waals surface area contributed by atoms with E-state index >= 15 is 0 Å². The van der Waals surface area contributed by atoms with Crippen LogP contribution in [0, 0.1) is 18.1 Å². The van der Waals surface area contributed by atoms with E-state index in [4.69, 9.17) is 18.8 Å². The first-order chi connectivity index (χ1) is 29.2. The zero-order valence-corrected chi connectivity index (χ0v) is 38.8. The summed E-state index contributed by atoms with van der Waals surface area (Å²) in [5, 5.41) is 5.85. The molecule has 0 atom stereocenters. The van der Waals surface area contributed by atoms with Gasteiger partial charge in [0.2, 0.25) is 0 Å². The third kappa shape index (κ3) is 7.69. The van der Waals surface area contributed by atoms with Gasteiger partial charge in [-0.3, -0.25) is 4.98 Å². The van der Waals surface area contributed by atoms with Crippen molar-refractivity contribution in [1.29, 1.82) is 0 Å². The van der Waals surface area contributed by atoms with Crippen molar-refractivity contribution in [3.63, 3.8) is 0 Å². The van der Waals surface area contributed by atoms with Crippen LogP contribution in [0.2, 0.25) is 19.6 Å². The van der Waals surface area contributed by atoms with Crippen molar-refractivity contribution < 1.29 is 28.9 Å². The van der Waals surface area contributed by atoms with E-state index in [2.05, 4.69) is 123 Å². The maximum atomic E-state index is 6.40. The van der Waals surface area contributed by atoms with Crippen LogP contribution in [0.4, 0.5) is 0 Å². The number of para-hydroxylation sites is 5.